The number of fused-ring (bicyclic) bond motifs is 10. The molecule has 0 unspecified atom stereocenters. The third-order valence-corrected chi connectivity index (χ3v) is 14.3. The maximum absolute atomic E-state index is 6.50. The van der Waals surface area contributed by atoms with E-state index in [4.69, 9.17) is 8.83 Å². The summed E-state index contributed by atoms with van der Waals surface area (Å²) in [6.07, 6.45) is 0. The summed E-state index contributed by atoms with van der Waals surface area (Å²) in [6.45, 7) is 0. The van der Waals surface area contributed by atoms with Crippen LogP contribution in [0.2, 0.25) is 0 Å². The van der Waals surface area contributed by atoms with Crippen LogP contribution >= 0.6 is 0 Å². The number of hydrogen-bond donors (Lipinski definition) is 0. The standard InChI is InChI=1S/C65H41NO2/c1-3-17-47(18-4-1)65(48-19-5-2-6-20-48)58-24-12-9-22-52(58)53-35-33-50(41-59(53)65)66(49-31-27-42(28-32-49)45-29-34-55-54-23-11-14-26-61(54)67-63(55)40-45)60-25-13-10-21-51(60)46-30-36-62-56(38-46)57-37-43-15-7-8-16-44(43)39-64(57)68-62/h1-41H. The van der Waals surface area contributed by atoms with Gasteiger partial charge in [-0.1, -0.05) is 176 Å². The van der Waals surface area contributed by atoms with Gasteiger partial charge in [0.2, 0.25) is 0 Å². The quantitative estimate of drug-likeness (QED) is 0.160. The minimum atomic E-state index is -0.549. The van der Waals surface area contributed by atoms with Crippen molar-refractivity contribution in [3.05, 3.63) is 271 Å². The van der Waals surface area contributed by atoms with Gasteiger partial charge in [-0.25, -0.2) is 0 Å². The first-order valence-corrected chi connectivity index (χ1v) is 23.3. The van der Waals surface area contributed by atoms with Gasteiger partial charge in [-0.15, -0.1) is 0 Å². The molecular formula is C65H41NO2. The zero-order chi connectivity index (χ0) is 44.8. The molecule has 0 radical (unpaired) electrons. The number of furan rings is 2. The van der Waals surface area contributed by atoms with Crippen molar-refractivity contribution in [3.63, 3.8) is 0 Å². The largest absolute Gasteiger partial charge is 0.456 e. The summed E-state index contributed by atoms with van der Waals surface area (Å²) >= 11 is 0. The zero-order valence-electron chi connectivity index (χ0n) is 36.9. The van der Waals surface area contributed by atoms with Gasteiger partial charge in [-0.05, 0) is 134 Å². The predicted molar refractivity (Wildman–Crippen MR) is 281 cm³/mol. The Labute approximate surface area is 393 Å². The first kappa shape index (κ1) is 38.4. The van der Waals surface area contributed by atoms with E-state index in [2.05, 4.69) is 241 Å². The summed E-state index contributed by atoms with van der Waals surface area (Å²) in [5, 5.41) is 6.83. The van der Waals surface area contributed by atoms with Crippen LogP contribution in [0.1, 0.15) is 22.3 Å². The molecular weight excluding hydrogens is 827 g/mol. The van der Waals surface area contributed by atoms with Crippen molar-refractivity contribution >= 4 is 71.7 Å². The summed E-state index contributed by atoms with van der Waals surface area (Å²) in [6, 6.07) is 90.3. The fourth-order valence-electron chi connectivity index (χ4n) is 11.2. The third kappa shape index (κ3) is 5.79. The van der Waals surface area contributed by atoms with Gasteiger partial charge < -0.3 is 13.7 Å². The highest BCUT2D eigenvalue weighted by molar-refractivity contribution is 6.11. The van der Waals surface area contributed by atoms with E-state index in [0.717, 1.165) is 83.2 Å². The van der Waals surface area contributed by atoms with Gasteiger partial charge in [0.15, 0.2) is 0 Å². The number of nitrogens with zero attached hydrogens (tertiary/aromatic N) is 1. The van der Waals surface area contributed by atoms with Gasteiger partial charge in [0, 0.05) is 38.5 Å². The Balaban J connectivity index is 0.977. The maximum atomic E-state index is 6.50. The molecule has 13 aromatic rings. The molecule has 0 aliphatic heterocycles. The highest BCUT2D eigenvalue weighted by atomic mass is 16.3. The van der Waals surface area contributed by atoms with Crippen LogP contribution in [0.3, 0.4) is 0 Å². The van der Waals surface area contributed by atoms with E-state index in [-0.39, 0.29) is 0 Å². The minimum absolute atomic E-state index is 0.549. The summed E-state index contributed by atoms with van der Waals surface area (Å²) in [5.74, 6) is 0. The topological polar surface area (TPSA) is 29.5 Å². The average molecular weight is 868 g/mol. The number of hydrogen-bond acceptors (Lipinski definition) is 3. The average Bonchev–Trinajstić information content (AvgIpc) is 4.06. The molecule has 0 saturated carbocycles. The van der Waals surface area contributed by atoms with E-state index in [1.54, 1.807) is 0 Å². The summed E-state index contributed by atoms with van der Waals surface area (Å²) in [7, 11) is 0. The molecule has 0 bridgehead atoms. The second kappa shape index (κ2) is 15.1. The lowest BCUT2D eigenvalue weighted by Gasteiger charge is -2.35. The van der Waals surface area contributed by atoms with Crippen molar-refractivity contribution in [1.82, 2.24) is 0 Å². The number of anilines is 3. The summed E-state index contributed by atoms with van der Waals surface area (Å²) in [5.41, 5.74) is 18.2. The first-order valence-electron chi connectivity index (χ1n) is 23.3. The maximum Gasteiger partial charge on any atom is 0.136 e. The van der Waals surface area contributed by atoms with Gasteiger partial charge >= 0.3 is 0 Å². The Kier molecular flexibility index (Phi) is 8.50. The van der Waals surface area contributed by atoms with Crippen molar-refractivity contribution in [2.75, 3.05) is 4.90 Å². The van der Waals surface area contributed by atoms with Crippen LogP contribution < -0.4 is 4.90 Å². The van der Waals surface area contributed by atoms with Crippen molar-refractivity contribution in [1.29, 1.82) is 0 Å². The monoisotopic (exact) mass is 867 g/mol. The molecule has 0 fully saturated rings. The van der Waals surface area contributed by atoms with Crippen LogP contribution in [-0.2, 0) is 5.41 Å². The molecule has 11 aromatic carbocycles. The zero-order valence-corrected chi connectivity index (χ0v) is 36.9. The van der Waals surface area contributed by atoms with Crippen LogP contribution in [-0.4, -0.2) is 0 Å². The van der Waals surface area contributed by atoms with E-state index in [0.29, 0.717) is 0 Å². The summed E-state index contributed by atoms with van der Waals surface area (Å²) < 4.78 is 12.8. The van der Waals surface area contributed by atoms with Crippen molar-refractivity contribution in [3.8, 4) is 33.4 Å². The molecule has 1 aliphatic carbocycles. The number of benzene rings is 11. The van der Waals surface area contributed by atoms with Crippen molar-refractivity contribution < 1.29 is 8.83 Å². The lowest BCUT2D eigenvalue weighted by atomic mass is 9.67. The molecule has 3 nitrogen and oxygen atoms in total. The highest BCUT2D eigenvalue weighted by Gasteiger charge is 2.46. The van der Waals surface area contributed by atoms with Gasteiger partial charge in [0.25, 0.3) is 0 Å². The van der Waals surface area contributed by atoms with Crippen molar-refractivity contribution in [2.45, 2.75) is 5.41 Å². The Morgan fingerprint density at radius 2 is 0.853 bits per heavy atom. The normalized spacial score (nSPS) is 12.8. The van der Waals surface area contributed by atoms with Crippen LogP contribution in [0.5, 0.6) is 0 Å². The van der Waals surface area contributed by atoms with Crippen LogP contribution in [0.15, 0.2) is 258 Å². The minimum Gasteiger partial charge on any atom is -0.456 e. The van der Waals surface area contributed by atoms with Crippen LogP contribution in [0.4, 0.5) is 17.1 Å². The predicted octanol–water partition coefficient (Wildman–Crippen LogP) is 17.8. The molecule has 1 aliphatic rings. The Morgan fingerprint density at radius 3 is 1.65 bits per heavy atom. The molecule has 2 heterocycles. The number of rotatable bonds is 7. The van der Waals surface area contributed by atoms with Gasteiger partial charge in [0.05, 0.1) is 11.1 Å². The second-order valence-electron chi connectivity index (χ2n) is 18.0. The fraction of sp³-hybridized carbons (Fsp3) is 0.0154. The first-order chi connectivity index (χ1) is 33.7. The molecule has 0 saturated heterocycles. The lowest BCUT2D eigenvalue weighted by Crippen LogP contribution is -2.28. The molecule has 318 valence electrons. The Morgan fingerprint density at radius 1 is 0.294 bits per heavy atom. The fourth-order valence-corrected chi connectivity index (χ4v) is 11.2. The van der Waals surface area contributed by atoms with E-state index in [1.807, 2.05) is 12.1 Å². The SMILES string of the molecule is c1ccc(C2(c3ccccc3)c3ccccc3-c3ccc(N(c4ccc(-c5ccc6c(c5)oc5ccccc56)cc4)c4ccccc4-c4ccc5oc6cc7ccccc7cc6c5c4)cc32)cc1. The molecule has 2 aromatic heterocycles. The molecule has 68 heavy (non-hydrogen) atoms. The second-order valence-corrected chi connectivity index (χ2v) is 18.0. The third-order valence-electron chi connectivity index (χ3n) is 14.3. The highest BCUT2D eigenvalue weighted by Crippen LogP contribution is 2.57. The van der Waals surface area contributed by atoms with Crippen molar-refractivity contribution in [2.24, 2.45) is 0 Å². The molecule has 0 spiro atoms. The van der Waals surface area contributed by atoms with Crippen LogP contribution in [0, 0.1) is 0 Å². The van der Waals surface area contributed by atoms with Gasteiger partial charge in [-0.2, -0.15) is 0 Å². The van der Waals surface area contributed by atoms with E-state index in [9.17, 15) is 0 Å². The number of para-hydroxylation sites is 2. The van der Waals surface area contributed by atoms with E-state index in [1.165, 1.54) is 44.2 Å². The molecule has 0 amide bonds. The Bertz CT molecular complexity index is 4050. The van der Waals surface area contributed by atoms with Gasteiger partial charge in [0.1, 0.15) is 22.3 Å². The lowest BCUT2D eigenvalue weighted by molar-refractivity contribution is 0.669. The Hall–Kier alpha value is -8.92. The molecule has 0 atom stereocenters. The smallest absolute Gasteiger partial charge is 0.136 e. The molecule has 3 heteroatoms. The molecule has 0 N–H and O–H groups in total. The molecule has 14 rings (SSSR count). The van der Waals surface area contributed by atoms with Crippen LogP contribution in [0.25, 0.3) is 88.0 Å². The van der Waals surface area contributed by atoms with E-state index < -0.39 is 5.41 Å². The van der Waals surface area contributed by atoms with Gasteiger partial charge in [-0.3, -0.25) is 0 Å². The summed E-state index contributed by atoms with van der Waals surface area (Å²) in [4.78, 5) is 2.44. The van der Waals surface area contributed by atoms with E-state index >= 15 is 0 Å².